The Morgan fingerprint density at radius 3 is 3.00 bits per heavy atom. The second kappa shape index (κ2) is 8.21. The highest BCUT2D eigenvalue weighted by molar-refractivity contribution is 5.28. The van der Waals surface area contributed by atoms with Gasteiger partial charge in [0.2, 0.25) is 0 Å². The normalized spacial score (nSPS) is 22.1. The van der Waals surface area contributed by atoms with E-state index in [0.29, 0.717) is 25.7 Å². The van der Waals surface area contributed by atoms with Crippen molar-refractivity contribution in [1.82, 2.24) is 10.6 Å². The number of aliphatic hydroxyl groups is 1. The molecule has 20 heavy (non-hydrogen) atoms. The molecule has 1 saturated heterocycles. The van der Waals surface area contributed by atoms with E-state index >= 15 is 0 Å². The van der Waals surface area contributed by atoms with Crippen LogP contribution in [0.4, 0.5) is 0 Å². The van der Waals surface area contributed by atoms with Gasteiger partial charge in [0.15, 0.2) is 0 Å². The first kappa shape index (κ1) is 15.3. The van der Waals surface area contributed by atoms with Crippen molar-refractivity contribution in [3.05, 3.63) is 29.8 Å². The average Bonchev–Trinajstić information content (AvgIpc) is 2.85. The van der Waals surface area contributed by atoms with Crippen molar-refractivity contribution >= 4 is 0 Å². The van der Waals surface area contributed by atoms with Crippen LogP contribution in [0.1, 0.15) is 5.56 Å². The Bertz CT molecular complexity index is 400. The average molecular weight is 280 g/mol. The summed E-state index contributed by atoms with van der Waals surface area (Å²) in [6, 6.07) is 8.04. The summed E-state index contributed by atoms with van der Waals surface area (Å²) >= 11 is 0. The molecule has 3 N–H and O–H groups in total. The molecule has 112 valence electrons. The van der Waals surface area contributed by atoms with Gasteiger partial charge in [0, 0.05) is 39.2 Å². The molecule has 0 aromatic heterocycles. The Morgan fingerprint density at radius 1 is 1.35 bits per heavy atom. The Balaban J connectivity index is 1.73. The van der Waals surface area contributed by atoms with Gasteiger partial charge in [-0.25, -0.2) is 0 Å². The van der Waals surface area contributed by atoms with E-state index in [1.807, 2.05) is 18.2 Å². The molecular formula is C15H24N2O3. The zero-order valence-corrected chi connectivity index (χ0v) is 12.0. The molecular weight excluding hydrogens is 256 g/mol. The molecule has 1 aliphatic rings. The van der Waals surface area contributed by atoms with E-state index in [0.717, 1.165) is 25.4 Å². The second-order valence-corrected chi connectivity index (χ2v) is 5.11. The molecule has 1 aromatic carbocycles. The fraction of sp³-hybridized carbons (Fsp3) is 0.600. The predicted molar refractivity (Wildman–Crippen MR) is 77.9 cm³/mol. The fourth-order valence-corrected chi connectivity index (χ4v) is 2.32. The smallest absolute Gasteiger partial charge is 0.119 e. The first-order chi connectivity index (χ1) is 9.79. The van der Waals surface area contributed by atoms with E-state index < -0.39 is 0 Å². The Kier molecular flexibility index (Phi) is 6.26. The fourth-order valence-electron chi connectivity index (χ4n) is 2.32. The summed E-state index contributed by atoms with van der Waals surface area (Å²) in [7, 11) is 1.66. The number of hydrogen-bond acceptors (Lipinski definition) is 5. The molecule has 5 heteroatoms. The molecule has 1 aromatic rings. The lowest BCUT2D eigenvalue weighted by molar-refractivity contribution is 0.145. The largest absolute Gasteiger partial charge is 0.491 e. The number of nitrogens with one attached hydrogen (secondary N) is 2. The van der Waals surface area contributed by atoms with E-state index in [4.69, 9.17) is 9.47 Å². The Labute approximate surface area is 120 Å². The van der Waals surface area contributed by atoms with Gasteiger partial charge < -0.3 is 25.2 Å². The van der Waals surface area contributed by atoms with Crippen LogP contribution in [0.15, 0.2) is 24.3 Å². The summed E-state index contributed by atoms with van der Waals surface area (Å²) in [5, 5.41) is 16.3. The van der Waals surface area contributed by atoms with Crippen LogP contribution in [0.3, 0.4) is 0 Å². The number of hydrogen-bond donors (Lipinski definition) is 3. The lowest BCUT2D eigenvalue weighted by Crippen LogP contribution is -2.30. The van der Waals surface area contributed by atoms with Crippen molar-refractivity contribution in [3.8, 4) is 5.75 Å². The van der Waals surface area contributed by atoms with E-state index in [-0.39, 0.29) is 6.10 Å². The molecule has 2 unspecified atom stereocenters. The van der Waals surface area contributed by atoms with Crippen LogP contribution in [-0.4, -0.2) is 51.2 Å². The van der Waals surface area contributed by atoms with Crippen molar-refractivity contribution in [1.29, 1.82) is 0 Å². The minimum atomic E-state index is -0.230. The maximum absolute atomic E-state index is 9.72. The van der Waals surface area contributed by atoms with Gasteiger partial charge in [-0.2, -0.15) is 0 Å². The van der Waals surface area contributed by atoms with Crippen molar-refractivity contribution in [3.63, 3.8) is 0 Å². The lowest BCUT2D eigenvalue weighted by atomic mass is 10.1. The van der Waals surface area contributed by atoms with Crippen LogP contribution in [0.2, 0.25) is 0 Å². The van der Waals surface area contributed by atoms with Gasteiger partial charge in [-0.15, -0.1) is 0 Å². The minimum Gasteiger partial charge on any atom is -0.491 e. The highest BCUT2D eigenvalue weighted by Crippen LogP contribution is 2.13. The lowest BCUT2D eigenvalue weighted by Gasteiger charge is -2.14. The highest BCUT2D eigenvalue weighted by Gasteiger charge is 2.23. The first-order valence-electron chi connectivity index (χ1n) is 7.10. The van der Waals surface area contributed by atoms with Crippen molar-refractivity contribution in [2.45, 2.75) is 12.6 Å². The number of benzene rings is 1. The molecule has 2 rings (SSSR count). The van der Waals surface area contributed by atoms with E-state index in [1.165, 1.54) is 5.56 Å². The van der Waals surface area contributed by atoms with Crippen LogP contribution in [-0.2, 0) is 11.3 Å². The number of rotatable bonds is 8. The van der Waals surface area contributed by atoms with Crippen LogP contribution < -0.4 is 15.4 Å². The van der Waals surface area contributed by atoms with Crippen LogP contribution in [0.5, 0.6) is 5.75 Å². The number of β-amino-alcohol motifs (C(OH)–C–C–N with tert-alkyl or cyclic N) is 1. The summed E-state index contributed by atoms with van der Waals surface area (Å²) in [4.78, 5) is 0. The van der Waals surface area contributed by atoms with Crippen molar-refractivity contribution in [2.75, 3.05) is 40.0 Å². The molecule has 0 spiro atoms. The van der Waals surface area contributed by atoms with E-state index in [1.54, 1.807) is 7.11 Å². The van der Waals surface area contributed by atoms with Gasteiger partial charge in [0.05, 0.1) is 12.7 Å². The quantitative estimate of drug-likeness (QED) is 0.601. The van der Waals surface area contributed by atoms with Gasteiger partial charge >= 0.3 is 0 Å². The third-order valence-electron chi connectivity index (χ3n) is 3.49. The first-order valence-corrected chi connectivity index (χ1v) is 7.10. The monoisotopic (exact) mass is 280 g/mol. The molecule has 0 amide bonds. The molecule has 1 fully saturated rings. The standard InChI is InChI=1S/C15H24N2O3/c1-19-5-6-20-14-4-2-3-12(7-14)8-16-9-13-10-17-11-15(13)18/h2-4,7,13,15-18H,5-6,8-11H2,1H3. The summed E-state index contributed by atoms with van der Waals surface area (Å²) in [5.41, 5.74) is 1.18. The summed E-state index contributed by atoms with van der Waals surface area (Å²) in [6.07, 6.45) is -0.230. The summed E-state index contributed by atoms with van der Waals surface area (Å²) in [5.74, 6) is 1.17. The van der Waals surface area contributed by atoms with Crippen molar-refractivity contribution in [2.24, 2.45) is 5.92 Å². The minimum absolute atomic E-state index is 0.230. The topological polar surface area (TPSA) is 62.8 Å². The molecule has 5 nitrogen and oxygen atoms in total. The maximum atomic E-state index is 9.72. The Hall–Kier alpha value is -1.14. The van der Waals surface area contributed by atoms with E-state index in [9.17, 15) is 5.11 Å². The van der Waals surface area contributed by atoms with Gasteiger partial charge in [0.1, 0.15) is 12.4 Å². The van der Waals surface area contributed by atoms with Gasteiger partial charge in [-0.05, 0) is 17.7 Å². The molecule has 0 saturated carbocycles. The maximum Gasteiger partial charge on any atom is 0.119 e. The van der Waals surface area contributed by atoms with Gasteiger partial charge in [-0.1, -0.05) is 12.1 Å². The van der Waals surface area contributed by atoms with Crippen LogP contribution in [0.25, 0.3) is 0 Å². The molecule has 0 aliphatic carbocycles. The third-order valence-corrected chi connectivity index (χ3v) is 3.49. The highest BCUT2D eigenvalue weighted by atomic mass is 16.5. The summed E-state index contributed by atoms with van der Waals surface area (Å²) < 4.78 is 10.5. The zero-order chi connectivity index (χ0) is 14.2. The SMILES string of the molecule is COCCOc1cccc(CNCC2CNCC2O)c1. The third kappa shape index (κ3) is 4.76. The zero-order valence-electron chi connectivity index (χ0n) is 12.0. The Morgan fingerprint density at radius 2 is 2.25 bits per heavy atom. The summed E-state index contributed by atoms with van der Waals surface area (Å²) in [6.45, 7) is 4.35. The van der Waals surface area contributed by atoms with Crippen LogP contribution >= 0.6 is 0 Å². The number of methoxy groups -OCH3 is 1. The molecule has 0 radical (unpaired) electrons. The van der Waals surface area contributed by atoms with E-state index in [2.05, 4.69) is 16.7 Å². The second-order valence-electron chi connectivity index (χ2n) is 5.11. The number of aliphatic hydroxyl groups excluding tert-OH is 1. The molecule has 0 bridgehead atoms. The van der Waals surface area contributed by atoms with Crippen molar-refractivity contribution < 1.29 is 14.6 Å². The molecule has 2 atom stereocenters. The molecule has 1 aliphatic heterocycles. The van der Waals surface area contributed by atoms with Gasteiger partial charge in [-0.3, -0.25) is 0 Å². The molecule has 1 heterocycles. The number of ether oxygens (including phenoxy) is 2. The van der Waals surface area contributed by atoms with Gasteiger partial charge in [0.25, 0.3) is 0 Å². The predicted octanol–water partition coefficient (Wildman–Crippen LogP) is 0.382. The van der Waals surface area contributed by atoms with Crippen LogP contribution in [0, 0.1) is 5.92 Å².